The van der Waals surface area contributed by atoms with Gasteiger partial charge in [-0.25, -0.2) is 4.57 Å². The summed E-state index contributed by atoms with van der Waals surface area (Å²) in [6.07, 6.45) is 8.48. The van der Waals surface area contributed by atoms with Crippen LogP contribution in [0, 0.1) is 0 Å². The van der Waals surface area contributed by atoms with Gasteiger partial charge in [0.15, 0.2) is 12.3 Å². The number of phosphoric acid groups is 1. The lowest BCUT2D eigenvalue weighted by Gasteiger charge is -2.21. The van der Waals surface area contributed by atoms with Gasteiger partial charge < -0.3 is 0 Å². The third-order valence-electron chi connectivity index (χ3n) is 2.24. The molecule has 0 bridgehead atoms. The van der Waals surface area contributed by atoms with Crippen molar-refractivity contribution in [3.05, 3.63) is 0 Å². The summed E-state index contributed by atoms with van der Waals surface area (Å²) in [4.78, 5) is 0. The summed E-state index contributed by atoms with van der Waals surface area (Å²) >= 11 is 0.733. The zero-order valence-corrected chi connectivity index (χ0v) is 10.9. The Labute approximate surface area is 96.1 Å². The van der Waals surface area contributed by atoms with Crippen LogP contribution in [0.25, 0.3) is 0 Å². The number of hydrogen-bond acceptors (Lipinski definition) is 5. The maximum atomic E-state index is 11.2. The van der Waals surface area contributed by atoms with E-state index in [-0.39, 0.29) is 0 Å². The van der Waals surface area contributed by atoms with E-state index < -0.39 is 7.82 Å². The smallest absolute Gasteiger partial charge is 0.286 e. The van der Waals surface area contributed by atoms with Gasteiger partial charge in [-0.15, -0.1) is 0 Å². The summed E-state index contributed by atoms with van der Waals surface area (Å²) in [5.41, 5.74) is 0. The Morgan fingerprint density at radius 2 is 1.67 bits per heavy atom. The number of rotatable bonds is 9. The molecule has 0 N–H and O–H groups in total. The van der Waals surface area contributed by atoms with Crippen LogP contribution in [0.1, 0.15) is 51.9 Å². The van der Waals surface area contributed by atoms with Gasteiger partial charge in [0.25, 0.3) is 0 Å². The molecule has 0 radical (unpaired) electrons. The zero-order chi connectivity index (χ0) is 11.0. The van der Waals surface area contributed by atoms with Crippen molar-refractivity contribution >= 4 is 20.1 Å². The van der Waals surface area contributed by atoms with E-state index in [2.05, 4.69) is 14.9 Å². The second-order valence-corrected chi connectivity index (χ2v) is 6.10. The van der Waals surface area contributed by atoms with Crippen molar-refractivity contribution in [1.82, 2.24) is 0 Å². The third-order valence-corrected chi connectivity index (χ3v) is 4.69. The lowest BCUT2D eigenvalue weighted by molar-refractivity contribution is 0.190. The fraction of sp³-hybridized carbons (Fsp3) is 1.00. The summed E-state index contributed by atoms with van der Waals surface area (Å²) in [6, 6.07) is 0. The summed E-state index contributed by atoms with van der Waals surface area (Å²) < 4.78 is 25.4. The van der Waals surface area contributed by atoms with Crippen LogP contribution in [0.3, 0.4) is 0 Å². The van der Waals surface area contributed by atoms with Crippen LogP contribution < -0.4 is 0 Å². The van der Waals surface area contributed by atoms with Gasteiger partial charge in [-0.2, -0.15) is 7.94 Å². The van der Waals surface area contributed by atoms with E-state index in [4.69, 9.17) is 4.52 Å². The van der Waals surface area contributed by atoms with Crippen LogP contribution in [-0.4, -0.2) is 6.61 Å². The molecule has 6 heteroatoms. The van der Waals surface area contributed by atoms with Crippen LogP contribution >= 0.6 is 20.1 Å². The fourth-order valence-electron chi connectivity index (χ4n) is 1.36. The first-order chi connectivity index (χ1) is 7.27. The summed E-state index contributed by atoms with van der Waals surface area (Å²) in [6.45, 7) is 2.67. The van der Waals surface area contributed by atoms with Gasteiger partial charge >= 0.3 is 7.82 Å². The highest BCUT2D eigenvalue weighted by atomic mass is 32.2. The topological polar surface area (TPSA) is 44.8 Å². The molecule has 1 heterocycles. The number of unbranched alkanes of at least 4 members (excludes halogenated alkanes) is 6. The second kappa shape index (κ2) is 7.69. The molecule has 0 spiro atoms. The lowest BCUT2D eigenvalue weighted by atomic mass is 10.1. The maximum absolute atomic E-state index is 11.2. The standard InChI is InChI=1S/C9H19O4PS/c1-2-3-4-5-6-7-8-9-11-14(10)12-15-13-14/h2-9H2,1H3. The molecular weight excluding hydrogens is 235 g/mol. The van der Waals surface area contributed by atoms with E-state index in [9.17, 15) is 4.57 Å². The molecule has 1 aliphatic heterocycles. The SMILES string of the molecule is CCCCCCCCCOP1(=O)OSO1. The van der Waals surface area contributed by atoms with Crippen molar-refractivity contribution in [1.29, 1.82) is 0 Å². The third kappa shape index (κ3) is 5.93. The molecule has 0 saturated carbocycles. The molecule has 0 aromatic carbocycles. The van der Waals surface area contributed by atoms with E-state index in [1.165, 1.54) is 32.1 Å². The predicted octanol–water partition coefficient (Wildman–Crippen LogP) is 4.47. The Kier molecular flexibility index (Phi) is 6.93. The Morgan fingerprint density at radius 3 is 2.20 bits per heavy atom. The monoisotopic (exact) mass is 254 g/mol. The van der Waals surface area contributed by atoms with E-state index in [1.54, 1.807) is 0 Å². The quantitative estimate of drug-likeness (QED) is 0.345. The maximum Gasteiger partial charge on any atom is 0.501 e. The van der Waals surface area contributed by atoms with Crippen LogP contribution in [0.4, 0.5) is 0 Å². The van der Waals surface area contributed by atoms with Gasteiger partial charge in [0, 0.05) is 0 Å². The van der Waals surface area contributed by atoms with Gasteiger partial charge in [0.05, 0.1) is 6.61 Å². The largest absolute Gasteiger partial charge is 0.501 e. The van der Waals surface area contributed by atoms with Crippen molar-refractivity contribution in [3.8, 4) is 0 Å². The van der Waals surface area contributed by atoms with E-state index in [0.717, 1.165) is 25.2 Å². The predicted molar refractivity (Wildman–Crippen MR) is 61.3 cm³/mol. The van der Waals surface area contributed by atoms with Gasteiger partial charge in [0.2, 0.25) is 0 Å². The van der Waals surface area contributed by atoms with Crippen molar-refractivity contribution in [2.45, 2.75) is 51.9 Å². The molecule has 15 heavy (non-hydrogen) atoms. The summed E-state index contributed by atoms with van der Waals surface area (Å²) in [7, 11) is -3.10. The minimum atomic E-state index is -3.10. The first-order valence-electron chi connectivity index (χ1n) is 5.56. The molecule has 1 fully saturated rings. The van der Waals surface area contributed by atoms with Crippen LogP contribution in [-0.2, 0) is 17.0 Å². The van der Waals surface area contributed by atoms with Crippen LogP contribution in [0.5, 0.6) is 0 Å². The normalized spacial score (nSPS) is 18.7. The lowest BCUT2D eigenvalue weighted by Crippen LogP contribution is -2.01. The van der Waals surface area contributed by atoms with Crippen LogP contribution in [0.2, 0.25) is 0 Å². The molecule has 1 aliphatic rings. The first kappa shape index (κ1) is 13.5. The van der Waals surface area contributed by atoms with Gasteiger partial charge in [-0.05, 0) is 6.42 Å². The molecule has 4 nitrogen and oxygen atoms in total. The van der Waals surface area contributed by atoms with Crippen molar-refractivity contribution in [2.75, 3.05) is 6.61 Å². The zero-order valence-electron chi connectivity index (χ0n) is 9.15. The molecule has 90 valence electrons. The highest BCUT2D eigenvalue weighted by molar-refractivity contribution is 8.02. The average molecular weight is 254 g/mol. The average Bonchev–Trinajstić information content (AvgIpc) is 2.19. The van der Waals surface area contributed by atoms with Gasteiger partial charge in [-0.3, -0.25) is 4.52 Å². The van der Waals surface area contributed by atoms with Crippen LogP contribution in [0.15, 0.2) is 0 Å². The Hall–Kier alpha value is 0.460. The fourth-order valence-corrected chi connectivity index (χ4v) is 2.70. The molecular formula is C9H19O4PS. The van der Waals surface area contributed by atoms with Crippen molar-refractivity contribution < 1.29 is 17.0 Å². The molecule has 0 unspecified atom stereocenters. The second-order valence-electron chi connectivity index (χ2n) is 3.62. The minimum absolute atomic E-state index is 0.464. The first-order valence-corrected chi connectivity index (χ1v) is 7.69. The summed E-state index contributed by atoms with van der Waals surface area (Å²) in [5, 5.41) is 0. The van der Waals surface area contributed by atoms with Crippen molar-refractivity contribution in [3.63, 3.8) is 0 Å². The number of hydrogen-bond donors (Lipinski definition) is 0. The molecule has 0 aliphatic carbocycles. The highest BCUT2D eigenvalue weighted by Crippen LogP contribution is 2.65. The van der Waals surface area contributed by atoms with E-state index in [1.807, 2.05) is 0 Å². The molecule has 0 atom stereocenters. The van der Waals surface area contributed by atoms with Gasteiger partial charge in [0.1, 0.15) is 0 Å². The molecule has 1 saturated heterocycles. The van der Waals surface area contributed by atoms with E-state index >= 15 is 0 Å². The molecule has 0 aromatic heterocycles. The Bertz CT molecular complexity index is 204. The minimum Gasteiger partial charge on any atom is -0.286 e. The Morgan fingerprint density at radius 1 is 1.07 bits per heavy atom. The van der Waals surface area contributed by atoms with Gasteiger partial charge in [-0.1, -0.05) is 45.4 Å². The molecule has 1 rings (SSSR count). The summed E-state index contributed by atoms with van der Waals surface area (Å²) in [5.74, 6) is 0. The molecule has 0 amide bonds. The Balaban J connectivity index is 1.79. The molecule has 0 aromatic rings. The van der Waals surface area contributed by atoms with Crippen molar-refractivity contribution in [2.24, 2.45) is 0 Å². The highest BCUT2D eigenvalue weighted by Gasteiger charge is 2.38. The van der Waals surface area contributed by atoms with E-state index in [0.29, 0.717) is 6.61 Å².